The molecule has 1 amide bonds. The van der Waals surface area contributed by atoms with Crippen LogP contribution in [0.15, 0.2) is 30.3 Å². The maximum Gasteiger partial charge on any atom is 0.242 e. The average Bonchev–Trinajstić information content (AvgIpc) is 2.43. The number of primary amides is 1. The first kappa shape index (κ1) is 16.0. The van der Waals surface area contributed by atoms with Gasteiger partial charge in [-0.25, -0.2) is 0 Å². The molecule has 0 heterocycles. The first-order valence-electron chi connectivity index (χ1n) is 6.46. The Kier molecular flexibility index (Phi) is 6.91. The second-order valence-corrected chi connectivity index (χ2v) is 5.48. The lowest BCUT2D eigenvalue weighted by atomic mass is 9.86. The lowest BCUT2D eigenvalue weighted by molar-refractivity contribution is -0.124. The minimum absolute atomic E-state index is 0.154. The first-order chi connectivity index (χ1) is 9.17. The van der Waals surface area contributed by atoms with E-state index in [1.807, 2.05) is 37.3 Å². The SMILES string of the molecule is CCNC(CCSCCO)(C(N)=O)c1ccccc1. The van der Waals surface area contributed by atoms with E-state index in [4.69, 9.17) is 10.8 Å². The highest BCUT2D eigenvalue weighted by molar-refractivity contribution is 7.99. The average molecular weight is 282 g/mol. The van der Waals surface area contributed by atoms with E-state index in [0.29, 0.717) is 18.7 Å². The van der Waals surface area contributed by atoms with Crippen LogP contribution >= 0.6 is 11.8 Å². The Balaban J connectivity index is 2.91. The highest BCUT2D eigenvalue weighted by Gasteiger charge is 2.36. The van der Waals surface area contributed by atoms with Gasteiger partial charge < -0.3 is 10.8 Å². The van der Waals surface area contributed by atoms with Gasteiger partial charge in [-0.3, -0.25) is 10.1 Å². The number of amides is 1. The molecule has 0 fully saturated rings. The molecule has 0 saturated carbocycles. The van der Waals surface area contributed by atoms with Gasteiger partial charge in [0, 0.05) is 5.75 Å². The fraction of sp³-hybridized carbons (Fsp3) is 0.500. The van der Waals surface area contributed by atoms with Gasteiger partial charge in [-0.2, -0.15) is 11.8 Å². The summed E-state index contributed by atoms with van der Waals surface area (Å²) in [6.45, 7) is 2.78. The summed E-state index contributed by atoms with van der Waals surface area (Å²) in [4.78, 5) is 12.0. The Morgan fingerprint density at radius 2 is 2.05 bits per heavy atom. The molecular formula is C14H22N2O2S. The normalized spacial score (nSPS) is 14.0. The largest absolute Gasteiger partial charge is 0.396 e. The molecule has 0 bridgehead atoms. The predicted octanol–water partition coefficient (Wildman–Crippen LogP) is 1.09. The fourth-order valence-corrected chi connectivity index (χ4v) is 2.89. The van der Waals surface area contributed by atoms with Crippen LogP contribution in [-0.2, 0) is 10.3 Å². The summed E-state index contributed by atoms with van der Waals surface area (Å²) < 4.78 is 0. The quantitative estimate of drug-likeness (QED) is 0.593. The van der Waals surface area contributed by atoms with Crippen molar-refractivity contribution in [3.05, 3.63) is 35.9 Å². The molecule has 0 spiro atoms. The van der Waals surface area contributed by atoms with Crippen molar-refractivity contribution in [1.82, 2.24) is 5.32 Å². The Morgan fingerprint density at radius 3 is 2.58 bits per heavy atom. The van der Waals surface area contributed by atoms with Crippen LogP contribution in [0.25, 0.3) is 0 Å². The topological polar surface area (TPSA) is 75.3 Å². The molecule has 1 aromatic rings. The van der Waals surface area contributed by atoms with Crippen molar-refractivity contribution < 1.29 is 9.90 Å². The minimum atomic E-state index is -0.821. The molecule has 0 aliphatic rings. The number of hydrogen-bond acceptors (Lipinski definition) is 4. The van der Waals surface area contributed by atoms with E-state index >= 15 is 0 Å². The second kappa shape index (κ2) is 8.19. The summed E-state index contributed by atoms with van der Waals surface area (Å²) >= 11 is 1.62. The van der Waals surface area contributed by atoms with Gasteiger partial charge in [0.15, 0.2) is 0 Å². The molecule has 0 aromatic heterocycles. The molecule has 4 N–H and O–H groups in total. The van der Waals surface area contributed by atoms with Gasteiger partial charge in [0.25, 0.3) is 0 Å². The summed E-state index contributed by atoms with van der Waals surface area (Å²) in [7, 11) is 0. The lowest BCUT2D eigenvalue weighted by Gasteiger charge is -2.32. The van der Waals surface area contributed by atoms with E-state index in [9.17, 15) is 4.79 Å². The second-order valence-electron chi connectivity index (χ2n) is 4.25. The monoisotopic (exact) mass is 282 g/mol. The number of aliphatic hydroxyl groups is 1. The maximum absolute atomic E-state index is 12.0. The van der Waals surface area contributed by atoms with Crippen LogP contribution in [0.5, 0.6) is 0 Å². The molecule has 5 heteroatoms. The highest BCUT2D eigenvalue weighted by Crippen LogP contribution is 2.26. The number of carbonyl (C=O) groups excluding carboxylic acids is 1. The number of benzene rings is 1. The van der Waals surface area contributed by atoms with Crippen LogP contribution < -0.4 is 11.1 Å². The van der Waals surface area contributed by atoms with Gasteiger partial charge in [0.05, 0.1) is 6.61 Å². The summed E-state index contributed by atoms with van der Waals surface area (Å²) in [5.74, 6) is 1.09. The Labute approximate surface area is 118 Å². The summed E-state index contributed by atoms with van der Waals surface area (Å²) in [5.41, 5.74) is 5.72. The van der Waals surface area contributed by atoms with Gasteiger partial charge in [-0.15, -0.1) is 0 Å². The molecule has 4 nitrogen and oxygen atoms in total. The van der Waals surface area contributed by atoms with Crippen LogP contribution in [0.4, 0.5) is 0 Å². The van der Waals surface area contributed by atoms with E-state index in [1.165, 1.54) is 0 Å². The molecule has 106 valence electrons. The zero-order valence-electron chi connectivity index (χ0n) is 11.3. The molecule has 1 aromatic carbocycles. The van der Waals surface area contributed by atoms with Gasteiger partial charge in [0.2, 0.25) is 5.91 Å². The Bertz CT molecular complexity index is 386. The van der Waals surface area contributed by atoms with E-state index in [0.717, 1.165) is 11.3 Å². The predicted molar refractivity (Wildman–Crippen MR) is 80.0 cm³/mol. The molecular weight excluding hydrogens is 260 g/mol. The first-order valence-corrected chi connectivity index (χ1v) is 7.62. The van der Waals surface area contributed by atoms with Crippen molar-refractivity contribution in [2.45, 2.75) is 18.9 Å². The number of hydrogen-bond donors (Lipinski definition) is 3. The summed E-state index contributed by atoms with van der Waals surface area (Å²) in [6, 6.07) is 9.58. The van der Waals surface area contributed by atoms with Crippen molar-refractivity contribution in [3.8, 4) is 0 Å². The molecule has 1 atom stereocenters. The Morgan fingerprint density at radius 1 is 1.37 bits per heavy atom. The van der Waals surface area contributed by atoms with Crippen molar-refractivity contribution >= 4 is 17.7 Å². The molecule has 0 aliphatic carbocycles. The zero-order chi connectivity index (χ0) is 14.1. The fourth-order valence-electron chi connectivity index (χ4n) is 2.10. The van der Waals surface area contributed by atoms with Gasteiger partial charge >= 0.3 is 0 Å². The Hall–Kier alpha value is -1.04. The number of rotatable bonds is 9. The third-order valence-corrected chi connectivity index (χ3v) is 3.99. The van der Waals surface area contributed by atoms with E-state index in [-0.39, 0.29) is 12.5 Å². The van der Waals surface area contributed by atoms with Gasteiger partial charge in [-0.05, 0) is 24.3 Å². The minimum Gasteiger partial charge on any atom is -0.396 e. The number of aliphatic hydroxyl groups excluding tert-OH is 1. The molecule has 1 rings (SSSR count). The number of thioether (sulfide) groups is 1. The van der Waals surface area contributed by atoms with Crippen molar-refractivity contribution in [3.63, 3.8) is 0 Å². The van der Waals surface area contributed by atoms with E-state index in [2.05, 4.69) is 5.32 Å². The highest BCUT2D eigenvalue weighted by atomic mass is 32.2. The number of nitrogens with one attached hydrogen (secondary N) is 1. The van der Waals surface area contributed by atoms with E-state index < -0.39 is 5.54 Å². The number of carbonyl (C=O) groups is 1. The van der Waals surface area contributed by atoms with Gasteiger partial charge in [-0.1, -0.05) is 37.3 Å². The zero-order valence-corrected chi connectivity index (χ0v) is 12.1. The third kappa shape index (κ3) is 4.23. The maximum atomic E-state index is 12.0. The van der Waals surface area contributed by atoms with Crippen LogP contribution in [0.2, 0.25) is 0 Å². The smallest absolute Gasteiger partial charge is 0.242 e. The molecule has 1 unspecified atom stereocenters. The van der Waals surface area contributed by atoms with E-state index in [1.54, 1.807) is 11.8 Å². The van der Waals surface area contributed by atoms with Crippen molar-refractivity contribution in [2.24, 2.45) is 5.73 Å². The van der Waals surface area contributed by atoms with Crippen LogP contribution in [0, 0.1) is 0 Å². The van der Waals surface area contributed by atoms with Crippen molar-refractivity contribution in [2.75, 3.05) is 24.7 Å². The standard InChI is InChI=1S/C14H22N2O2S/c1-2-16-14(13(15)18,8-10-19-11-9-17)12-6-4-3-5-7-12/h3-7,16-17H,2,8-11H2,1H3,(H2,15,18). The lowest BCUT2D eigenvalue weighted by Crippen LogP contribution is -2.53. The van der Waals surface area contributed by atoms with Crippen LogP contribution in [-0.4, -0.2) is 35.7 Å². The van der Waals surface area contributed by atoms with Crippen LogP contribution in [0.1, 0.15) is 18.9 Å². The third-order valence-electron chi connectivity index (χ3n) is 3.02. The molecule has 0 saturated heterocycles. The summed E-state index contributed by atoms with van der Waals surface area (Å²) in [6.07, 6.45) is 0.616. The molecule has 0 radical (unpaired) electrons. The van der Waals surface area contributed by atoms with Gasteiger partial charge in [0.1, 0.15) is 5.54 Å². The number of nitrogens with two attached hydrogens (primary N) is 1. The molecule has 19 heavy (non-hydrogen) atoms. The van der Waals surface area contributed by atoms with Crippen molar-refractivity contribution in [1.29, 1.82) is 0 Å². The summed E-state index contributed by atoms with van der Waals surface area (Å²) in [5, 5.41) is 12.0. The molecule has 0 aliphatic heterocycles. The number of likely N-dealkylation sites (N-methyl/N-ethyl adjacent to an activating group) is 1. The van der Waals surface area contributed by atoms with Crippen LogP contribution in [0.3, 0.4) is 0 Å².